The molecule has 3 rings (SSSR count). The number of carbonyl (C=O) groups excluding carboxylic acids is 2. The summed E-state index contributed by atoms with van der Waals surface area (Å²) in [5, 5.41) is 10.6. The number of aliphatic imine (C=N–C) groups is 1. The molecule has 1 heterocycles. The molecule has 1 amide bonds. The van der Waals surface area contributed by atoms with E-state index in [0.29, 0.717) is 42.4 Å². The molecule has 10 heteroatoms. The summed E-state index contributed by atoms with van der Waals surface area (Å²) in [4.78, 5) is 30.9. The molecule has 0 saturated carbocycles. The van der Waals surface area contributed by atoms with Crippen molar-refractivity contribution < 1.29 is 24.2 Å². The van der Waals surface area contributed by atoms with Crippen molar-refractivity contribution in [1.82, 2.24) is 4.90 Å². The molecule has 0 atom stereocenters. The van der Waals surface area contributed by atoms with Gasteiger partial charge in [0.05, 0.1) is 34.3 Å². The third kappa shape index (κ3) is 4.97. The second-order valence-electron chi connectivity index (χ2n) is 6.28. The van der Waals surface area contributed by atoms with Crippen LogP contribution in [0.15, 0.2) is 49.2 Å². The van der Waals surface area contributed by atoms with Gasteiger partial charge in [0, 0.05) is 11.5 Å². The van der Waals surface area contributed by atoms with Crippen molar-refractivity contribution in [1.29, 1.82) is 0 Å². The average molecular weight is 570 g/mol. The van der Waals surface area contributed by atoms with Crippen molar-refractivity contribution in [3.8, 4) is 11.5 Å². The summed E-state index contributed by atoms with van der Waals surface area (Å²) in [6, 6.07) is 8.28. The maximum Gasteiger partial charge on any atom is 0.338 e. The van der Waals surface area contributed by atoms with Gasteiger partial charge < -0.3 is 14.6 Å². The molecule has 1 fully saturated rings. The number of likely N-dealkylation sites (N-methyl/N-ethyl adjacent to an activating group) is 1. The Morgan fingerprint density at radius 3 is 2.55 bits per heavy atom. The molecule has 1 saturated heterocycles. The van der Waals surface area contributed by atoms with Gasteiger partial charge in [0.25, 0.3) is 5.91 Å². The van der Waals surface area contributed by atoms with Crippen molar-refractivity contribution in [3.63, 3.8) is 0 Å². The van der Waals surface area contributed by atoms with Gasteiger partial charge in [-0.05, 0) is 92.5 Å². The molecule has 0 unspecified atom stereocenters. The summed E-state index contributed by atoms with van der Waals surface area (Å²) in [6.07, 6.45) is 1.70. The van der Waals surface area contributed by atoms with Gasteiger partial charge in [-0.25, -0.2) is 9.79 Å². The number of aromatic hydroxyl groups is 1. The van der Waals surface area contributed by atoms with Gasteiger partial charge in [0.1, 0.15) is 0 Å². The first-order valence-electron chi connectivity index (χ1n) is 9.05. The van der Waals surface area contributed by atoms with E-state index in [1.165, 1.54) is 23.8 Å². The molecule has 1 aliphatic rings. The van der Waals surface area contributed by atoms with Crippen molar-refractivity contribution >= 4 is 72.4 Å². The Bertz CT molecular complexity index is 1100. The number of halogens is 2. The fraction of sp³-hybridized carbons (Fsp3) is 0.190. The first-order valence-corrected chi connectivity index (χ1v) is 11.5. The van der Waals surface area contributed by atoms with E-state index in [1.54, 1.807) is 50.4 Å². The summed E-state index contributed by atoms with van der Waals surface area (Å²) in [5.41, 5.74) is 1.70. The maximum atomic E-state index is 12.7. The Morgan fingerprint density at radius 2 is 1.94 bits per heavy atom. The number of hydrogen-bond donors (Lipinski definition) is 1. The number of nitrogens with zero attached hydrogens (tertiary/aromatic N) is 2. The predicted octanol–water partition coefficient (Wildman–Crippen LogP) is 5.34. The molecular formula is C21H18Br2N2O5S. The number of amides is 1. The third-order valence-corrected chi connectivity index (χ3v) is 7.51. The number of thioether (sulfide) groups is 1. The smallest absolute Gasteiger partial charge is 0.338 e. The largest absolute Gasteiger partial charge is 0.503 e. The van der Waals surface area contributed by atoms with E-state index >= 15 is 0 Å². The zero-order valence-electron chi connectivity index (χ0n) is 16.8. The van der Waals surface area contributed by atoms with Gasteiger partial charge in [0.15, 0.2) is 16.7 Å². The maximum absolute atomic E-state index is 12.7. The quantitative estimate of drug-likeness (QED) is 0.386. The van der Waals surface area contributed by atoms with Crippen molar-refractivity contribution in [2.45, 2.75) is 6.92 Å². The highest BCUT2D eigenvalue weighted by Gasteiger charge is 2.31. The molecule has 2 aromatic carbocycles. The van der Waals surface area contributed by atoms with Gasteiger partial charge >= 0.3 is 5.97 Å². The highest BCUT2D eigenvalue weighted by Crippen LogP contribution is 2.43. The van der Waals surface area contributed by atoms with Crippen molar-refractivity contribution in [2.75, 3.05) is 20.8 Å². The normalized spacial score (nSPS) is 16.3. The van der Waals surface area contributed by atoms with Crippen molar-refractivity contribution in [3.05, 3.63) is 55.3 Å². The molecule has 7 nitrogen and oxygen atoms in total. The van der Waals surface area contributed by atoms with Crippen molar-refractivity contribution in [2.24, 2.45) is 4.99 Å². The Hall–Kier alpha value is -2.30. The molecule has 0 aromatic heterocycles. The van der Waals surface area contributed by atoms with Gasteiger partial charge in [-0.15, -0.1) is 0 Å². The van der Waals surface area contributed by atoms with Crippen LogP contribution < -0.4 is 4.74 Å². The molecule has 1 aliphatic heterocycles. The lowest BCUT2D eigenvalue weighted by Crippen LogP contribution is -2.23. The number of carbonyl (C=O) groups is 2. The Labute approximate surface area is 200 Å². The summed E-state index contributed by atoms with van der Waals surface area (Å²) in [6.45, 7) is 2.06. The second kappa shape index (κ2) is 9.88. The molecule has 0 aliphatic carbocycles. The van der Waals surface area contributed by atoms with E-state index in [9.17, 15) is 14.7 Å². The van der Waals surface area contributed by atoms with Crippen LogP contribution in [0.4, 0.5) is 5.69 Å². The first kappa shape index (κ1) is 23.4. The standard InChI is InChI=1S/C21H18Br2N2O5S/c1-4-30-20(28)11-5-7-13(8-6-11)24-21-25(2)19(27)15(31-21)10-12-9-14(29-3)18(26)17(23)16(12)22/h5-10,26H,4H2,1-3H3. The van der Waals surface area contributed by atoms with E-state index in [1.807, 2.05) is 0 Å². The highest BCUT2D eigenvalue weighted by molar-refractivity contribution is 9.13. The number of esters is 1. The molecule has 162 valence electrons. The Kier molecular flexibility index (Phi) is 7.45. The molecule has 2 aromatic rings. The minimum absolute atomic E-state index is 0.0347. The molecule has 0 radical (unpaired) electrons. The number of benzene rings is 2. The highest BCUT2D eigenvalue weighted by atomic mass is 79.9. The van der Waals surface area contributed by atoms with E-state index in [-0.39, 0.29) is 17.4 Å². The van der Waals surface area contributed by atoms with E-state index in [4.69, 9.17) is 9.47 Å². The van der Waals surface area contributed by atoms with Crippen LogP contribution in [0.25, 0.3) is 6.08 Å². The Morgan fingerprint density at radius 1 is 1.26 bits per heavy atom. The van der Waals surface area contributed by atoms with Crippen LogP contribution in [-0.2, 0) is 9.53 Å². The number of phenols is 1. The van der Waals surface area contributed by atoms with Gasteiger partial charge in [-0.1, -0.05) is 0 Å². The lowest BCUT2D eigenvalue weighted by atomic mass is 10.2. The summed E-state index contributed by atoms with van der Waals surface area (Å²) in [5.74, 6) is -0.355. The second-order valence-corrected chi connectivity index (χ2v) is 8.88. The van der Waals surface area contributed by atoms with E-state index in [0.717, 1.165) is 0 Å². The minimum Gasteiger partial charge on any atom is -0.503 e. The molecule has 1 N–H and O–H groups in total. The third-order valence-electron chi connectivity index (χ3n) is 4.29. The first-order chi connectivity index (χ1) is 14.8. The fourth-order valence-corrected chi connectivity index (χ4v) is 4.48. The van der Waals surface area contributed by atoms with Gasteiger partial charge in [-0.3, -0.25) is 9.69 Å². The molecule has 0 bridgehead atoms. The van der Waals surface area contributed by atoms with Crippen LogP contribution in [-0.4, -0.2) is 47.8 Å². The van der Waals surface area contributed by atoms with Crippen LogP contribution in [0.5, 0.6) is 11.5 Å². The van der Waals surface area contributed by atoms with Crippen LogP contribution in [0.2, 0.25) is 0 Å². The van der Waals surface area contributed by atoms with Gasteiger partial charge in [0.2, 0.25) is 0 Å². The lowest BCUT2D eigenvalue weighted by molar-refractivity contribution is -0.121. The molecule has 31 heavy (non-hydrogen) atoms. The fourth-order valence-electron chi connectivity index (χ4n) is 2.66. The Balaban J connectivity index is 1.89. The number of phenolic OH excluding ortho intramolecular Hbond substituents is 1. The van der Waals surface area contributed by atoms with Crippen LogP contribution in [0.3, 0.4) is 0 Å². The minimum atomic E-state index is -0.393. The van der Waals surface area contributed by atoms with Gasteiger partial charge in [-0.2, -0.15) is 0 Å². The summed E-state index contributed by atoms with van der Waals surface area (Å²) in [7, 11) is 3.10. The molecular weight excluding hydrogens is 552 g/mol. The van der Waals surface area contributed by atoms with E-state index < -0.39 is 5.97 Å². The van der Waals surface area contributed by atoms with Crippen LogP contribution in [0.1, 0.15) is 22.8 Å². The average Bonchev–Trinajstić information content (AvgIpc) is 3.02. The SMILES string of the molecule is CCOC(=O)c1ccc(N=C2SC(=Cc3cc(OC)c(O)c(Br)c3Br)C(=O)N2C)cc1. The summed E-state index contributed by atoms with van der Waals surface area (Å²) < 4.78 is 11.2. The number of hydrogen-bond acceptors (Lipinski definition) is 7. The number of methoxy groups -OCH3 is 1. The monoisotopic (exact) mass is 568 g/mol. The van der Waals surface area contributed by atoms with Crippen LogP contribution >= 0.6 is 43.6 Å². The zero-order chi connectivity index (χ0) is 22.7. The molecule has 0 spiro atoms. The predicted molar refractivity (Wildman–Crippen MR) is 128 cm³/mol. The number of amidine groups is 1. The number of rotatable bonds is 5. The zero-order valence-corrected chi connectivity index (χ0v) is 20.8. The summed E-state index contributed by atoms with van der Waals surface area (Å²) >= 11 is 7.96. The lowest BCUT2D eigenvalue weighted by Gasteiger charge is -2.10. The number of ether oxygens (including phenoxy) is 2. The van der Waals surface area contributed by atoms with E-state index in [2.05, 4.69) is 36.9 Å². The van der Waals surface area contributed by atoms with Crippen LogP contribution in [0, 0.1) is 0 Å². The topological polar surface area (TPSA) is 88.4 Å².